The number of rotatable bonds is 4. The number of halogens is 2. The number of nitrogens with two attached hydrogens (primary N) is 1. The fourth-order valence-electron chi connectivity index (χ4n) is 2.01. The molecule has 3 rings (SSSR count). The van der Waals surface area contributed by atoms with E-state index in [-0.39, 0.29) is 16.5 Å². The summed E-state index contributed by atoms with van der Waals surface area (Å²) in [5, 5.41) is 3.44. The van der Waals surface area contributed by atoms with E-state index in [9.17, 15) is 9.18 Å². The van der Waals surface area contributed by atoms with Crippen LogP contribution in [0.25, 0.3) is 0 Å². The van der Waals surface area contributed by atoms with Crippen LogP contribution in [0.5, 0.6) is 5.75 Å². The van der Waals surface area contributed by atoms with Crippen LogP contribution in [0.4, 0.5) is 10.1 Å². The third kappa shape index (κ3) is 8.81. The van der Waals surface area contributed by atoms with Gasteiger partial charge in [0.15, 0.2) is 5.17 Å². The minimum atomic E-state index is -0.986. The van der Waals surface area contributed by atoms with Crippen molar-refractivity contribution in [1.29, 1.82) is 0 Å². The molecule has 1 aliphatic heterocycles. The lowest BCUT2D eigenvalue weighted by Crippen LogP contribution is -2.17. The number of aromatic nitrogens is 2. The number of alkyl halides is 1. The number of amides is 1. The van der Waals surface area contributed by atoms with Gasteiger partial charge in [0, 0.05) is 29.9 Å². The molecule has 1 atom stereocenters. The van der Waals surface area contributed by atoms with E-state index >= 15 is 0 Å². The van der Waals surface area contributed by atoms with Gasteiger partial charge in [0.2, 0.25) is 6.86 Å². The van der Waals surface area contributed by atoms with Crippen LogP contribution in [0.1, 0.15) is 23.8 Å². The van der Waals surface area contributed by atoms with Crippen molar-refractivity contribution in [1.82, 2.24) is 9.97 Å². The minimum Gasteiger partial charge on any atom is -0.461 e. The molecule has 3 heterocycles. The predicted octanol–water partition coefficient (Wildman–Crippen LogP) is 3.76. The summed E-state index contributed by atoms with van der Waals surface area (Å²) in [7, 11) is 0. The summed E-state index contributed by atoms with van der Waals surface area (Å²) in [4.78, 5) is 23.7. The SMILES string of the molecule is C#C.C[C@H]1CCSC(N)=N1.O=C(Nc1ccncc1)c1ncc(OCF)cc1Cl. The zero-order valence-corrected chi connectivity index (χ0v) is 17.3. The van der Waals surface area contributed by atoms with Crippen LogP contribution in [0.15, 0.2) is 41.8 Å². The Hall–Kier alpha value is -2.83. The molecule has 29 heavy (non-hydrogen) atoms. The van der Waals surface area contributed by atoms with Gasteiger partial charge in [-0.2, -0.15) is 0 Å². The number of terminal acetylenes is 1. The fourth-order valence-corrected chi connectivity index (χ4v) is 3.17. The average Bonchev–Trinajstić information content (AvgIpc) is 2.71. The summed E-state index contributed by atoms with van der Waals surface area (Å²) >= 11 is 7.54. The number of carbonyl (C=O) groups excluding carboxylic acids is 1. The van der Waals surface area contributed by atoms with Crippen molar-refractivity contribution < 1.29 is 13.9 Å². The van der Waals surface area contributed by atoms with Crippen LogP contribution in [-0.2, 0) is 0 Å². The maximum absolute atomic E-state index is 12.0. The van der Waals surface area contributed by atoms with Crippen molar-refractivity contribution >= 4 is 40.1 Å². The maximum Gasteiger partial charge on any atom is 0.275 e. The van der Waals surface area contributed by atoms with Crippen molar-refractivity contribution in [3.05, 3.63) is 47.5 Å². The van der Waals surface area contributed by atoms with Gasteiger partial charge in [-0.1, -0.05) is 23.4 Å². The molecule has 0 saturated heterocycles. The Morgan fingerprint density at radius 2 is 2.14 bits per heavy atom. The van der Waals surface area contributed by atoms with Gasteiger partial charge >= 0.3 is 0 Å². The van der Waals surface area contributed by atoms with Gasteiger partial charge in [-0.25, -0.2) is 9.37 Å². The Balaban J connectivity index is 0.000000351. The second-order valence-corrected chi connectivity index (χ2v) is 6.92. The number of pyridine rings is 2. The lowest BCUT2D eigenvalue weighted by molar-refractivity contribution is 0.102. The zero-order valence-electron chi connectivity index (χ0n) is 15.7. The molecule has 3 N–H and O–H groups in total. The molecule has 2 aromatic rings. The largest absolute Gasteiger partial charge is 0.461 e. The molecule has 1 amide bonds. The van der Waals surface area contributed by atoms with Gasteiger partial charge in [0.1, 0.15) is 11.4 Å². The summed E-state index contributed by atoms with van der Waals surface area (Å²) in [6.45, 7) is 1.10. The van der Waals surface area contributed by atoms with Gasteiger partial charge in [-0.15, -0.1) is 12.8 Å². The molecule has 1 aliphatic rings. The Kier molecular flexibility index (Phi) is 11.2. The van der Waals surface area contributed by atoms with Gasteiger partial charge in [-0.05, 0) is 25.5 Å². The highest BCUT2D eigenvalue weighted by molar-refractivity contribution is 8.13. The molecule has 0 unspecified atom stereocenters. The molecule has 154 valence electrons. The van der Waals surface area contributed by atoms with E-state index in [2.05, 4.69) is 44.8 Å². The van der Waals surface area contributed by atoms with Gasteiger partial charge in [0.05, 0.1) is 17.3 Å². The van der Waals surface area contributed by atoms with E-state index in [0.717, 1.165) is 10.9 Å². The molecule has 0 spiro atoms. The smallest absolute Gasteiger partial charge is 0.275 e. The Bertz CT molecular complexity index is 836. The number of hydrogen-bond acceptors (Lipinski definition) is 7. The maximum atomic E-state index is 12.0. The quantitative estimate of drug-likeness (QED) is 0.706. The molecular formula is C19H21ClFN5O2S. The van der Waals surface area contributed by atoms with Crippen LogP contribution in [0.3, 0.4) is 0 Å². The molecule has 0 aliphatic carbocycles. The van der Waals surface area contributed by atoms with Gasteiger partial charge in [0.25, 0.3) is 5.91 Å². The summed E-state index contributed by atoms with van der Waals surface area (Å²) < 4.78 is 16.6. The fraction of sp³-hybridized carbons (Fsp3) is 0.263. The minimum absolute atomic E-state index is 0.0321. The van der Waals surface area contributed by atoms with Crippen LogP contribution in [-0.4, -0.2) is 39.7 Å². The Labute approximate surface area is 178 Å². The number of ether oxygens (including phenoxy) is 1. The molecule has 0 fully saturated rings. The number of carbonyl (C=O) groups is 1. The topological polar surface area (TPSA) is 102 Å². The summed E-state index contributed by atoms with van der Waals surface area (Å²) in [6, 6.07) is 5.05. The van der Waals surface area contributed by atoms with Crippen molar-refractivity contribution in [2.45, 2.75) is 19.4 Å². The van der Waals surface area contributed by atoms with Crippen LogP contribution in [0.2, 0.25) is 5.02 Å². The normalized spacial score (nSPS) is 14.8. The third-order valence-electron chi connectivity index (χ3n) is 3.32. The van der Waals surface area contributed by atoms with Crippen molar-refractivity contribution in [2.24, 2.45) is 10.7 Å². The zero-order chi connectivity index (χ0) is 21.6. The summed E-state index contributed by atoms with van der Waals surface area (Å²) in [6.07, 6.45) is 13.5. The van der Waals surface area contributed by atoms with E-state index in [0.29, 0.717) is 11.7 Å². The second-order valence-electron chi connectivity index (χ2n) is 5.40. The van der Waals surface area contributed by atoms with Crippen molar-refractivity contribution in [3.8, 4) is 18.6 Å². The number of nitrogens with one attached hydrogen (secondary N) is 1. The van der Waals surface area contributed by atoms with E-state index in [1.807, 2.05) is 0 Å². The highest BCUT2D eigenvalue weighted by atomic mass is 35.5. The first-order valence-corrected chi connectivity index (χ1v) is 9.71. The number of amidine groups is 1. The molecule has 7 nitrogen and oxygen atoms in total. The van der Waals surface area contributed by atoms with Gasteiger partial charge in [-0.3, -0.25) is 14.8 Å². The molecular weight excluding hydrogens is 417 g/mol. The number of thioether (sulfide) groups is 1. The van der Waals surface area contributed by atoms with Crippen LogP contribution in [0, 0.1) is 12.8 Å². The number of aliphatic imine (C=N–C) groups is 1. The lowest BCUT2D eigenvalue weighted by atomic mass is 10.3. The molecule has 0 bridgehead atoms. The highest BCUT2D eigenvalue weighted by Crippen LogP contribution is 2.21. The first-order chi connectivity index (χ1) is 14.0. The molecule has 10 heteroatoms. The molecule has 0 saturated carbocycles. The first kappa shape index (κ1) is 24.2. The van der Waals surface area contributed by atoms with Crippen LogP contribution < -0.4 is 15.8 Å². The van der Waals surface area contributed by atoms with Crippen LogP contribution >= 0.6 is 23.4 Å². The summed E-state index contributed by atoms with van der Waals surface area (Å²) in [5.74, 6) is 0.826. The third-order valence-corrected chi connectivity index (χ3v) is 4.45. The monoisotopic (exact) mass is 437 g/mol. The van der Waals surface area contributed by atoms with E-state index in [4.69, 9.17) is 17.3 Å². The number of nitrogens with zero attached hydrogens (tertiary/aromatic N) is 3. The Morgan fingerprint density at radius 1 is 1.45 bits per heavy atom. The second kappa shape index (κ2) is 13.4. The molecule has 0 radical (unpaired) electrons. The van der Waals surface area contributed by atoms with Gasteiger partial charge < -0.3 is 15.8 Å². The van der Waals surface area contributed by atoms with Crippen molar-refractivity contribution in [3.63, 3.8) is 0 Å². The standard InChI is InChI=1S/C12H9ClFN3O2.C5H10N2S.C2H2/c13-10-5-9(19-7-14)6-16-11(10)12(18)17-8-1-3-15-4-2-8;1-4-2-3-8-5(6)7-4;1-2/h1-6H,7H2,(H,15,17,18);4H,2-3H2,1H3,(H2,6,7);1-2H/t;4-;/m.0./s1. The van der Waals surface area contributed by atoms with Crippen molar-refractivity contribution in [2.75, 3.05) is 17.9 Å². The summed E-state index contributed by atoms with van der Waals surface area (Å²) in [5.41, 5.74) is 6.04. The lowest BCUT2D eigenvalue weighted by Gasteiger charge is -2.12. The first-order valence-electron chi connectivity index (χ1n) is 8.34. The van der Waals surface area contributed by atoms with E-state index in [1.165, 1.54) is 18.7 Å². The van der Waals surface area contributed by atoms with E-state index < -0.39 is 12.8 Å². The molecule has 2 aromatic heterocycles. The average molecular weight is 438 g/mol. The number of anilines is 1. The predicted molar refractivity (Wildman–Crippen MR) is 116 cm³/mol. The Morgan fingerprint density at radius 3 is 2.66 bits per heavy atom. The highest BCUT2D eigenvalue weighted by Gasteiger charge is 2.13. The number of hydrogen-bond donors (Lipinski definition) is 2. The van der Waals surface area contributed by atoms with E-state index in [1.54, 1.807) is 36.3 Å². The molecule has 0 aromatic carbocycles.